The minimum atomic E-state index is -1.81. The molecule has 0 radical (unpaired) electrons. The molecule has 6 heteroatoms. The van der Waals surface area contributed by atoms with Crippen LogP contribution in [0.3, 0.4) is 0 Å². The molecule has 2 atom stereocenters. The van der Waals surface area contributed by atoms with Crippen molar-refractivity contribution < 1.29 is 24.5 Å². The van der Waals surface area contributed by atoms with Crippen LogP contribution in [0.4, 0.5) is 0 Å². The molecule has 0 bridgehead atoms. The molecule has 0 unspecified atom stereocenters. The number of hydrogen-bond donors (Lipinski definition) is 2. The van der Waals surface area contributed by atoms with Crippen molar-refractivity contribution in [2.24, 2.45) is 5.92 Å². The van der Waals surface area contributed by atoms with Crippen molar-refractivity contribution in [2.75, 3.05) is 7.11 Å². The number of ether oxygens (including phenoxy) is 1. The summed E-state index contributed by atoms with van der Waals surface area (Å²) < 4.78 is 5.24. The highest BCUT2D eigenvalue weighted by atomic mass is 16.5. The average molecular weight is 377 g/mol. The second kappa shape index (κ2) is 6.18. The number of hydrogen-bond acceptors (Lipinski definition) is 6. The van der Waals surface area contributed by atoms with E-state index in [9.17, 15) is 25.1 Å². The third-order valence-electron chi connectivity index (χ3n) is 6.00. The van der Waals surface area contributed by atoms with E-state index in [2.05, 4.69) is 0 Å². The van der Waals surface area contributed by atoms with Gasteiger partial charge in [-0.1, -0.05) is 19.1 Å². The normalized spacial score (nSPS) is 22.7. The monoisotopic (exact) mass is 377 g/mol. The van der Waals surface area contributed by atoms with Gasteiger partial charge in [0.1, 0.15) is 17.6 Å². The van der Waals surface area contributed by atoms with Gasteiger partial charge in [-0.15, -0.1) is 0 Å². The SMILES string of the molecule is CC[C@@H]1CCc2c(cc3c(c2O)C(=O)c2c(OC)cccc2C3=O)[C@@]1(O)C#N. The number of benzene rings is 2. The number of methoxy groups -OCH3 is 1. The molecule has 142 valence electrons. The summed E-state index contributed by atoms with van der Waals surface area (Å²) >= 11 is 0. The van der Waals surface area contributed by atoms with Crippen LogP contribution in [0.2, 0.25) is 0 Å². The summed E-state index contributed by atoms with van der Waals surface area (Å²) in [5, 5.41) is 31.7. The van der Waals surface area contributed by atoms with Crippen molar-refractivity contribution in [3.8, 4) is 17.6 Å². The molecular weight excluding hydrogens is 358 g/mol. The number of nitrogens with zero attached hydrogens (tertiary/aromatic N) is 1. The Bertz CT molecular complexity index is 1080. The minimum absolute atomic E-state index is 0.00688. The Morgan fingerprint density at radius 3 is 2.64 bits per heavy atom. The quantitative estimate of drug-likeness (QED) is 0.665. The second-order valence-electron chi connectivity index (χ2n) is 7.24. The first kappa shape index (κ1) is 18.2. The van der Waals surface area contributed by atoms with E-state index < -0.39 is 17.2 Å². The van der Waals surface area contributed by atoms with Crippen LogP contribution >= 0.6 is 0 Å². The van der Waals surface area contributed by atoms with Gasteiger partial charge in [0, 0.05) is 28.2 Å². The van der Waals surface area contributed by atoms with Crippen molar-refractivity contribution >= 4 is 11.6 Å². The van der Waals surface area contributed by atoms with Gasteiger partial charge >= 0.3 is 0 Å². The Kier molecular flexibility index (Phi) is 4.02. The molecule has 0 amide bonds. The van der Waals surface area contributed by atoms with Gasteiger partial charge in [0.15, 0.2) is 11.4 Å². The predicted octanol–water partition coefficient (Wildman–Crippen LogP) is 2.86. The van der Waals surface area contributed by atoms with E-state index in [4.69, 9.17) is 4.74 Å². The molecule has 2 N–H and O–H groups in total. The van der Waals surface area contributed by atoms with Crippen LogP contribution in [0.1, 0.15) is 62.7 Å². The molecule has 6 nitrogen and oxygen atoms in total. The van der Waals surface area contributed by atoms with E-state index in [0.29, 0.717) is 24.8 Å². The van der Waals surface area contributed by atoms with Crippen LogP contribution in [-0.4, -0.2) is 28.9 Å². The fourth-order valence-electron chi connectivity index (χ4n) is 4.50. The predicted molar refractivity (Wildman–Crippen MR) is 99.6 cm³/mol. The maximum Gasteiger partial charge on any atom is 0.201 e. The zero-order valence-electron chi connectivity index (χ0n) is 15.6. The van der Waals surface area contributed by atoms with Crippen LogP contribution in [0.15, 0.2) is 24.3 Å². The largest absolute Gasteiger partial charge is 0.507 e. The number of carbonyl (C=O) groups is 2. The van der Waals surface area contributed by atoms with Crippen LogP contribution < -0.4 is 4.74 Å². The standard InChI is InChI=1S/C22H19NO5/c1-3-11-7-8-12-15(22(11,27)10-23)9-14-18(20(12)25)21(26)17-13(19(14)24)5-4-6-16(17)28-2/h4-6,9,11,25,27H,3,7-8H2,1-2H3/t11-,22-/m1/s1. The number of rotatable bonds is 2. The third kappa shape index (κ3) is 2.17. The summed E-state index contributed by atoms with van der Waals surface area (Å²) in [6, 6.07) is 8.11. The van der Waals surface area contributed by atoms with Crippen LogP contribution in [-0.2, 0) is 12.0 Å². The second-order valence-corrected chi connectivity index (χ2v) is 7.24. The van der Waals surface area contributed by atoms with E-state index in [-0.39, 0.29) is 45.2 Å². The third-order valence-corrected chi connectivity index (χ3v) is 6.00. The Hall–Kier alpha value is -3.17. The van der Waals surface area contributed by atoms with Crippen molar-refractivity contribution in [3.05, 3.63) is 57.6 Å². The summed E-state index contributed by atoms with van der Waals surface area (Å²) in [7, 11) is 1.41. The Labute approximate surface area is 162 Å². The van der Waals surface area contributed by atoms with Crippen molar-refractivity contribution in [1.29, 1.82) is 5.26 Å². The van der Waals surface area contributed by atoms with E-state index in [1.165, 1.54) is 19.2 Å². The molecular formula is C22H19NO5. The molecule has 0 aliphatic heterocycles. The number of nitriles is 1. The zero-order chi connectivity index (χ0) is 20.2. The summed E-state index contributed by atoms with van der Waals surface area (Å²) in [6.45, 7) is 1.88. The van der Waals surface area contributed by atoms with Crippen molar-refractivity contribution in [1.82, 2.24) is 0 Å². The van der Waals surface area contributed by atoms with Gasteiger partial charge in [-0.2, -0.15) is 5.26 Å². The number of fused-ring (bicyclic) bond motifs is 3. The van der Waals surface area contributed by atoms with Crippen LogP contribution in [0.25, 0.3) is 0 Å². The highest BCUT2D eigenvalue weighted by Crippen LogP contribution is 2.48. The first-order chi connectivity index (χ1) is 13.4. The van der Waals surface area contributed by atoms with Crippen molar-refractivity contribution in [3.63, 3.8) is 0 Å². The molecule has 28 heavy (non-hydrogen) atoms. The molecule has 2 aliphatic rings. The number of phenols is 1. The fourth-order valence-corrected chi connectivity index (χ4v) is 4.50. The van der Waals surface area contributed by atoms with E-state index in [0.717, 1.165) is 0 Å². The first-order valence-electron chi connectivity index (χ1n) is 9.18. The minimum Gasteiger partial charge on any atom is -0.507 e. The number of aromatic hydroxyl groups is 1. The fraction of sp³-hybridized carbons (Fsp3) is 0.318. The topological polar surface area (TPSA) is 108 Å². The Balaban J connectivity index is 2.02. The smallest absolute Gasteiger partial charge is 0.201 e. The number of carbonyl (C=O) groups excluding carboxylic acids is 2. The molecule has 0 saturated carbocycles. The van der Waals surface area contributed by atoms with Crippen molar-refractivity contribution in [2.45, 2.75) is 31.8 Å². The maximum absolute atomic E-state index is 13.2. The van der Waals surface area contributed by atoms with Crippen LogP contribution in [0, 0.1) is 17.2 Å². The van der Waals surface area contributed by atoms with Gasteiger partial charge < -0.3 is 14.9 Å². The first-order valence-corrected chi connectivity index (χ1v) is 9.18. The molecule has 4 rings (SSSR count). The van der Waals surface area contributed by atoms with Gasteiger partial charge in [-0.25, -0.2) is 0 Å². The number of ketones is 2. The highest BCUT2D eigenvalue weighted by molar-refractivity contribution is 6.30. The molecule has 2 aliphatic carbocycles. The molecule has 0 saturated heterocycles. The average Bonchev–Trinajstić information content (AvgIpc) is 2.71. The molecule has 0 aromatic heterocycles. The van der Waals surface area contributed by atoms with E-state index in [1.807, 2.05) is 13.0 Å². The zero-order valence-corrected chi connectivity index (χ0v) is 15.6. The molecule has 2 aromatic rings. The summed E-state index contributed by atoms with van der Waals surface area (Å²) in [6.07, 6.45) is 1.49. The van der Waals surface area contributed by atoms with Gasteiger partial charge in [0.05, 0.1) is 18.2 Å². The summed E-state index contributed by atoms with van der Waals surface area (Å²) in [4.78, 5) is 26.3. The molecule has 0 fully saturated rings. The maximum atomic E-state index is 13.2. The van der Waals surface area contributed by atoms with E-state index >= 15 is 0 Å². The lowest BCUT2D eigenvalue weighted by Crippen LogP contribution is -2.39. The van der Waals surface area contributed by atoms with Gasteiger partial charge in [-0.3, -0.25) is 9.59 Å². The molecule has 0 spiro atoms. The van der Waals surface area contributed by atoms with Gasteiger partial charge in [0.25, 0.3) is 0 Å². The van der Waals surface area contributed by atoms with Gasteiger partial charge in [-0.05, 0) is 31.4 Å². The van der Waals surface area contributed by atoms with Gasteiger partial charge in [0.2, 0.25) is 5.78 Å². The summed E-state index contributed by atoms with van der Waals surface area (Å²) in [5.41, 5.74) is -1.02. The van der Waals surface area contributed by atoms with Crippen LogP contribution in [0.5, 0.6) is 11.5 Å². The Morgan fingerprint density at radius 2 is 2.00 bits per heavy atom. The van der Waals surface area contributed by atoms with E-state index in [1.54, 1.807) is 12.1 Å². The Morgan fingerprint density at radius 1 is 1.25 bits per heavy atom. The number of aliphatic hydroxyl groups is 1. The lowest BCUT2D eigenvalue weighted by atomic mass is 9.68. The number of phenolic OH excluding ortho intramolecular Hbond substituents is 1. The lowest BCUT2D eigenvalue weighted by molar-refractivity contribution is 0.0169. The lowest BCUT2D eigenvalue weighted by Gasteiger charge is -2.37. The molecule has 0 heterocycles. The molecule has 2 aromatic carbocycles. The summed E-state index contributed by atoms with van der Waals surface area (Å²) in [5.74, 6) is -1.32. The highest BCUT2D eigenvalue weighted by Gasteiger charge is 2.46.